The van der Waals surface area contributed by atoms with E-state index < -0.39 is 0 Å². The van der Waals surface area contributed by atoms with E-state index in [-0.39, 0.29) is 18.4 Å². The predicted molar refractivity (Wildman–Crippen MR) is 104 cm³/mol. The number of hydrogen-bond donors (Lipinski definition) is 2. The monoisotopic (exact) mass is 370 g/mol. The Kier molecular flexibility index (Phi) is 7.39. The molecule has 2 aromatic carbocycles. The van der Waals surface area contributed by atoms with E-state index in [9.17, 15) is 9.59 Å². The third-order valence-corrected chi connectivity index (χ3v) is 3.55. The number of anilines is 2. The van der Waals surface area contributed by atoms with Crippen LogP contribution in [0.25, 0.3) is 6.08 Å². The number of hydrogen-bond acceptors (Lipinski definition) is 5. The van der Waals surface area contributed by atoms with Crippen LogP contribution in [-0.4, -0.2) is 39.8 Å². The summed E-state index contributed by atoms with van der Waals surface area (Å²) >= 11 is 0. The highest BCUT2D eigenvalue weighted by atomic mass is 16.5. The number of carbonyl (C=O) groups excluding carboxylic acids is 2. The van der Waals surface area contributed by atoms with E-state index in [0.29, 0.717) is 22.9 Å². The van der Waals surface area contributed by atoms with Gasteiger partial charge in [-0.1, -0.05) is 6.07 Å². The molecule has 0 aliphatic heterocycles. The zero-order valence-corrected chi connectivity index (χ0v) is 15.4. The van der Waals surface area contributed by atoms with Crippen LogP contribution in [0.4, 0.5) is 11.4 Å². The molecule has 0 aliphatic rings. The lowest BCUT2D eigenvalue weighted by molar-refractivity contribution is -0.119. The first kappa shape index (κ1) is 20.0. The van der Waals surface area contributed by atoms with Gasteiger partial charge in [0.25, 0.3) is 0 Å². The van der Waals surface area contributed by atoms with Crippen molar-refractivity contribution in [1.29, 1.82) is 0 Å². The second kappa shape index (κ2) is 9.98. The highest BCUT2D eigenvalue weighted by Gasteiger charge is 2.04. The zero-order chi connectivity index (χ0) is 19.6. The van der Waals surface area contributed by atoms with Crippen molar-refractivity contribution in [2.45, 2.75) is 0 Å². The van der Waals surface area contributed by atoms with Gasteiger partial charge in [0.05, 0.1) is 14.2 Å². The minimum Gasteiger partial charge on any atom is -0.493 e. The highest BCUT2D eigenvalue weighted by molar-refractivity contribution is 6.02. The van der Waals surface area contributed by atoms with Gasteiger partial charge in [-0.15, -0.1) is 0 Å². The van der Waals surface area contributed by atoms with Gasteiger partial charge >= 0.3 is 0 Å². The van der Waals surface area contributed by atoms with E-state index in [0.717, 1.165) is 5.56 Å². The summed E-state index contributed by atoms with van der Waals surface area (Å²) in [6.45, 7) is -0.0145. The quantitative estimate of drug-likeness (QED) is 0.698. The fraction of sp³-hybridized carbons (Fsp3) is 0.200. The van der Waals surface area contributed by atoms with Gasteiger partial charge in [-0.25, -0.2) is 0 Å². The summed E-state index contributed by atoms with van der Waals surface area (Å²) in [6, 6.07) is 12.2. The normalized spacial score (nSPS) is 10.5. The van der Waals surface area contributed by atoms with Crippen LogP contribution in [0.5, 0.6) is 11.5 Å². The summed E-state index contributed by atoms with van der Waals surface area (Å²) in [6.07, 6.45) is 3.10. The molecule has 0 atom stereocenters. The van der Waals surface area contributed by atoms with Crippen LogP contribution in [0.2, 0.25) is 0 Å². The molecular formula is C20H22N2O5. The Bertz CT molecular complexity index is 816. The second-order valence-electron chi connectivity index (χ2n) is 5.50. The van der Waals surface area contributed by atoms with Gasteiger partial charge in [0.2, 0.25) is 11.8 Å². The third-order valence-electron chi connectivity index (χ3n) is 3.55. The van der Waals surface area contributed by atoms with E-state index >= 15 is 0 Å². The molecule has 7 heteroatoms. The number of carbonyl (C=O) groups is 2. The van der Waals surface area contributed by atoms with Crippen LogP contribution in [0.3, 0.4) is 0 Å². The number of methoxy groups -OCH3 is 3. The molecule has 2 rings (SSSR count). The Balaban J connectivity index is 1.95. The van der Waals surface area contributed by atoms with Crippen LogP contribution in [-0.2, 0) is 14.3 Å². The Hall–Kier alpha value is -3.32. The molecule has 0 aromatic heterocycles. The van der Waals surface area contributed by atoms with Gasteiger partial charge in [-0.05, 0) is 48.0 Å². The molecule has 27 heavy (non-hydrogen) atoms. The molecule has 2 amide bonds. The number of nitrogens with one attached hydrogen (secondary N) is 2. The predicted octanol–water partition coefficient (Wildman–Crippen LogP) is 2.94. The maximum atomic E-state index is 12.1. The van der Waals surface area contributed by atoms with Crippen molar-refractivity contribution in [3.05, 3.63) is 54.1 Å². The van der Waals surface area contributed by atoms with Crippen LogP contribution < -0.4 is 20.1 Å². The molecule has 0 spiro atoms. The summed E-state index contributed by atoms with van der Waals surface area (Å²) in [5, 5.41) is 5.43. The van der Waals surface area contributed by atoms with Crippen LogP contribution in [0, 0.1) is 0 Å². The molecule has 0 heterocycles. The van der Waals surface area contributed by atoms with Gasteiger partial charge in [0, 0.05) is 24.6 Å². The molecule has 0 bridgehead atoms. The fourth-order valence-electron chi connectivity index (χ4n) is 2.28. The summed E-state index contributed by atoms with van der Waals surface area (Å²) in [4.78, 5) is 23.5. The summed E-state index contributed by atoms with van der Waals surface area (Å²) < 4.78 is 15.2. The van der Waals surface area contributed by atoms with Crippen molar-refractivity contribution in [2.75, 3.05) is 38.6 Å². The number of ether oxygens (including phenoxy) is 3. The molecule has 0 aliphatic carbocycles. The summed E-state index contributed by atoms with van der Waals surface area (Å²) in [5.41, 5.74) is 2.04. The molecule has 2 N–H and O–H groups in total. The lowest BCUT2D eigenvalue weighted by Crippen LogP contribution is -2.17. The molecule has 2 aromatic rings. The average molecular weight is 370 g/mol. The smallest absolute Gasteiger partial charge is 0.250 e. The maximum Gasteiger partial charge on any atom is 0.250 e. The molecule has 0 unspecified atom stereocenters. The van der Waals surface area contributed by atoms with E-state index in [1.165, 1.54) is 13.2 Å². The first-order chi connectivity index (χ1) is 13.0. The number of amides is 2. The number of benzene rings is 2. The lowest BCUT2D eigenvalue weighted by Gasteiger charge is -2.08. The molecular weight excluding hydrogens is 348 g/mol. The Morgan fingerprint density at radius 3 is 2.11 bits per heavy atom. The Labute approximate surface area is 157 Å². The molecule has 7 nitrogen and oxygen atoms in total. The Morgan fingerprint density at radius 1 is 0.889 bits per heavy atom. The molecule has 0 fully saturated rings. The van der Waals surface area contributed by atoms with E-state index in [4.69, 9.17) is 14.2 Å². The molecule has 0 saturated carbocycles. The first-order valence-electron chi connectivity index (χ1n) is 8.15. The summed E-state index contributed by atoms with van der Waals surface area (Å²) in [5.74, 6) is 0.691. The van der Waals surface area contributed by atoms with Gasteiger partial charge in [-0.2, -0.15) is 0 Å². The molecule has 0 radical (unpaired) electrons. The zero-order valence-electron chi connectivity index (χ0n) is 15.4. The minimum absolute atomic E-state index is 0.0145. The SMILES string of the molecule is COCC(=O)Nc1ccc(NC(=O)/C=C/c2ccc(OC)c(OC)c2)cc1. The van der Waals surface area contributed by atoms with Crippen LogP contribution in [0.15, 0.2) is 48.5 Å². The summed E-state index contributed by atoms with van der Waals surface area (Å²) in [7, 11) is 4.57. The minimum atomic E-state index is -0.277. The van der Waals surface area contributed by atoms with E-state index in [1.807, 2.05) is 6.07 Å². The van der Waals surface area contributed by atoms with Crippen molar-refractivity contribution in [3.63, 3.8) is 0 Å². The molecule has 0 saturated heterocycles. The third kappa shape index (κ3) is 6.16. The van der Waals surface area contributed by atoms with Gasteiger partial charge in [-0.3, -0.25) is 9.59 Å². The standard InChI is InChI=1S/C20H22N2O5/c1-25-13-20(24)22-16-8-6-15(7-9-16)21-19(23)11-5-14-4-10-17(26-2)18(12-14)27-3/h4-12H,13H2,1-3H3,(H,21,23)(H,22,24)/b11-5+. The van der Waals surface area contributed by atoms with Crippen LogP contribution >= 0.6 is 0 Å². The fourth-order valence-corrected chi connectivity index (χ4v) is 2.28. The van der Waals surface area contributed by atoms with E-state index in [1.54, 1.807) is 56.7 Å². The topological polar surface area (TPSA) is 85.9 Å². The van der Waals surface area contributed by atoms with Gasteiger partial charge in [0.15, 0.2) is 11.5 Å². The van der Waals surface area contributed by atoms with Gasteiger partial charge < -0.3 is 24.8 Å². The van der Waals surface area contributed by atoms with Crippen LogP contribution in [0.1, 0.15) is 5.56 Å². The lowest BCUT2D eigenvalue weighted by atomic mass is 10.2. The first-order valence-corrected chi connectivity index (χ1v) is 8.15. The van der Waals surface area contributed by atoms with Crippen molar-refractivity contribution in [1.82, 2.24) is 0 Å². The number of rotatable bonds is 8. The Morgan fingerprint density at radius 2 is 1.52 bits per heavy atom. The average Bonchev–Trinajstić information content (AvgIpc) is 2.67. The van der Waals surface area contributed by atoms with Gasteiger partial charge in [0.1, 0.15) is 6.61 Å². The molecule has 142 valence electrons. The van der Waals surface area contributed by atoms with Crippen molar-refractivity contribution < 1.29 is 23.8 Å². The largest absolute Gasteiger partial charge is 0.493 e. The van der Waals surface area contributed by atoms with Crippen molar-refractivity contribution in [2.24, 2.45) is 0 Å². The second-order valence-corrected chi connectivity index (χ2v) is 5.50. The van der Waals surface area contributed by atoms with Crippen molar-refractivity contribution >= 4 is 29.3 Å². The van der Waals surface area contributed by atoms with Crippen molar-refractivity contribution in [3.8, 4) is 11.5 Å². The highest BCUT2D eigenvalue weighted by Crippen LogP contribution is 2.28. The van der Waals surface area contributed by atoms with E-state index in [2.05, 4.69) is 10.6 Å². The maximum absolute atomic E-state index is 12.1.